The van der Waals surface area contributed by atoms with Crippen molar-refractivity contribution in [1.29, 1.82) is 0 Å². The van der Waals surface area contributed by atoms with Gasteiger partial charge in [-0.05, 0) is 128 Å². The quantitative estimate of drug-likeness (QED) is 0.160. The number of nitrogens with zero attached hydrogens (tertiary/aromatic N) is 2. The van der Waals surface area contributed by atoms with Gasteiger partial charge in [-0.2, -0.15) is 0 Å². The number of anilines is 5. The number of aryl methyl sites for hydroxylation is 1. The molecule has 2 nitrogen and oxygen atoms in total. The summed E-state index contributed by atoms with van der Waals surface area (Å²) in [5.74, 6) is 0.450. The maximum absolute atomic E-state index is 2.59. The lowest BCUT2D eigenvalue weighted by Crippen LogP contribution is -2.24. The number of para-hydroxylation sites is 3. The molecule has 0 fully saturated rings. The molecular weight excluding hydrogens is 761 g/mol. The standard InChI is InChI=1S/C61H50N2/c1-40-13-12-17-45-31-30-44-14-4-9-20-56(44)63(60(40)45)59-36-35-49(50-18-7-8-19-53(50)59)43-28-25-41(26-29-43)23-24-42-27-33-51-52-34-32-48(39-55(52)61(2,3)54(51)37-42)62-57-21-10-5-15-46(57)38-47-16-6-11-22-58(47)62/h4-12,14-29,32-37,39-40H,13,30-31,38H2,1-3H3/b24-23+. The Labute approximate surface area is 371 Å². The Bertz CT molecular complexity index is 3180. The third-order valence-corrected chi connectivity index (χ3v) is 14.4. The van der Waals surface area contributed by atoms with Crippen LogP contribution in [0.5, 0.6) is 0 Å². The summed E-state index contributed by atoms with van der Waals surface area (Å²) in [6.07, 6.45) is 13.4. The van der Waals surface area contributed by atoms with E-state index in [9.17, 15) is 0 Å². The Morgan fingerprint density at radius 1 is 0.508 bits per heavy atom. The van der Waals surface area contributed by atoms with E-state index >= 15 is 0 Å². The molecule has 2 aliphatic heterocycles. The number of hydrogen-bond acceptors (Lipinski definition) is 2. The van der Waals surface area contributed by atoms with Gasteiger partial charge in [-0.1, -0.05) is 179 Å². The van der Waals surface area contributed by atoms with Gasteiger partial charge in [0.2, 0.25) is 0 Å². The molecule has 0 N–H and O–H groups in total. The van der Waals surface area contributed by atoms with Crippen LogP contribution in [0.15, 0.2) is 193 Å². The molecule has 4 aliphatic rings. The molecule has 12 rings (SSSR count). The van der Waals surface area contributed by atoms with Crippen LogP contribution in [0, 0.1) is 5.92 Å². The zero-order valence-corrected chi connectivity index (χ0v) is 36.3. The minimum Gasteiger partial charge on any atom is -0.313 e. The first-order chi connectivity index (χ1) is 30.9. The Morgan fingerprint density at radius 3 is 1.84 bits per heavy atom. The maximum atomic E-state index is 2.59. The van der Waals surface area contributed by atoms with E-state index in [4.69, 9.17) is 0 Å². The second kappa shape index (κ2) is 14.7. The van der Waals surface area contributed by atoms with Crippen molar-refractivity contribution in [2.75, 3.05) is 9.80 Å². The van der Waals surface area contributed by atoms with Crippen LogP contribution in [0.1, 0.15) is 72.6 Å². The van der Waals surface area contributed by atoms with Gasteiger partial charge in [0.25, 0.3) is 0 Å². The topological polar surface area (TPSA) is 6.48 Å². The highest BCUT2D eigenvalue weighted by Crippen LogP contribution is 2.53. The Hall–Kier alpha value is -7.16. The summed E-state index contributed by atoms with van der Waals surface area (Å²) in [4.78, 5) is 5.05. The summed E-state index contributed by atoms with van der Waals surface area (Å²) >= 11 is 0. The van der Waals surface area contributed by atoms with Gasteiger partial charge in [-0.15, -0.1) is 0 Å². The molecular formula is C61H50N2. The second-order valence-electron chi connectivity index (χ2n) is 18.5. The summed E-state index contributed by atoms with van der Waals surface area (Å²) in [7, 11) is 0. The van der Waals surface area contributed by atoms with Crippen molar-refractivity contribution in [1.82, 2.24) is 0 Å². The fourth-order valence-corrected chi connectivity index (χ4v) is 11.2. The summed E-state index contributed by atoms with van der Waals surface area (Å²) in [6, 6.07) is 63.6. The summed E-state index contributed by atoms with van der Waals surface area (Å²) in [5, 5.41) is 2.56. The lowest BCUT2D eigenvalue weighted by Gasteiger charge is -2.35. The van der Waals surface area contributed by atoms with Crippen molar-refractivity contribution < 1.29 is 0 Å². The Morgan fingerprint density at radius 2 is 1.10 bits per heavy atom. The normalized spacial score (nSPS) is 16.9. The van der Waals surface area contributed by atoms with E-state index < -0.39 is 0 Å². The number of fused-ring (bicyclic) bond motifs is 7. The van der Waals surface area contributed by atoms with Crippen LogP contribution in [0.25, 0.3) is 45.2 Å². The van der Waals surface area contributed by atoms with Crippen molar-refractivity contribution >= 4 is 51.4 Å². The minimum atomic E-state index is -0.138. The van der Waals surface area contributed by atoms with Crippen molar-refractivity contribution in [2.24, 2.45) is 5.92 Å². The average molecular weight is 811 g/mol. The zero-order chi connectivity index (χ0) is 42.2. The van der Waals surface area contributed by atoms with Gasteiger partial charge < -0.3 is 9.80 Å². The van der Waals surface area contributed by atoms with Gasteiger partial charge in [0.15, 0.2) is 0 Å². The minimum absolute atomic E-state index is 0.138. The van der Waals surface area contributed by atoms with Crippen LogP contribution in [0.3, 0.4) is 0 Å². The summed E-state index contributed by atoms with van der Waals surface area (Å²) < 4.78 is 0. The van der Waals surface area contributed by atoms with E-state index in [1.807, 2.05) is 0 Å². The van der Waals surface area contributed by atoms with Crippen molar-refractivity contribution in [2.45, 2.75) is 51.9 Å². The molecule has 0 aromatic heterocycles. The van der Waals surface area contributed by atoms with E-state index in [0.717, 1.165) is 25.7 Å². The first-order valence-corrected chi connectivity index (χ1v) is 22.7. The van der Waals surface area contributed by atoms with Crippen molar-refractivity contribution in [3.63, 3.8) is 0 Å². The lowest BCUT2D eigenvalue weighted by atomic mass is 9.81. The second-order valence-corrected chi connectivity index (χ2v) is 18.5. The fourth-order valence-electron chi connectivity index (χ4n) is 11.2. The molecule has 0 bridgehead atoms. The Balaban J connectivity index is 0.836. The van der Waals surface area contributed by atoms with E-state index in [1.165, 1.54) is 112 Å². The molecule has 0 radical (unpaired) electrons. The average Bonchev–Trinajstić information content (AvgIpc) is 3.42. The van der Waals surface area contributed by atoms with Crippen LogP contribution in [-0.2, 0) is 18.3 Å². The van der Waals surface area contributed by atoms with Crippen LogP contribution in [-0.4, -0.2) is 0 Å². The molecule has 63 heavy (non-hydrogen) atoms. The molecule has 1 atom stereocenters. The van der Waals surface area contributed by atoms with Gasteiger partial charge in [0, 0.05) is 51.6 Å². The third kappa shape index (κ3) is 6.15. The number of hydrogen-bond donors (Lipinski definition) is 0. The van der Waals surface area contributed by atoms with Crippen LogP contribution < -0.4 is 9.80 Å². The molecule has 2 heteroatoms. The first kappa shape index (κ1) is 37.6. The zero-order valence-electron chi connectivity index (χ0n) is 36.3. The summed E-state index contributed by atoms with van der Waals surface area (Å²) in [5.41, 5.74) is 23.6. The van der Waals surface area contributed by atoms with E-state index in [2.05, 4.69) is 225 Å². The van der Waals surface area contributed by atoms with Crippen LogP contribution in [0.4, 0.5) is 28.4 Å². The molecule has 0 amide bonds. The van der Waals surface area contributed by atoms with Crippen molar-refractivity contribution in [3.05, 3.63) is 232 Å². The number of benzene rings is 8. The van der Waals surface area contributed by atoms with Crippen molar-refractivity contribution in [3.8, 4) is 22.3 Å². The number of allylic oxidation sites excluding steroid dienone is 4. The fraction of sp³-hybridized carbons (Fsp3) is 0.148. The largest absolute Gasteiger partial charge is 0.313 e. The van der Waals surface area contributed by atoms with Crippen LogP contribution >= 0.6 is 0 Å². The predicted octanol–water partition coefficient (Wildman–Crippen LogP) is 16.3. The van der Waals surface area contributed by atoms with Gasteiger partial charge in [-0.3, -0.25) is 0 Å². The van der Waals surface area contributed by atoms with E-state index in [1.54, 1.807) is 0 Å². The molecule has 2 heterocycles. The predicted molar refractivity (Wildman–Crippen MR) is 267 cm³/mol. The highest BCUT2D eigenvalue weighted by atomic mass is 15.2. The lowest BCUT2D eigenvalue weighted by molar-refractivity contribution is 0.657. The monoisotopic (exact) mass is 810 g/mol. The summed E-state index contributed by atoms with van der Waals surface area (Å²) in [6.45, 7) is 7.16. The molecule has 2 aliphatic carbocycles. The molecule has 8 aromatic carbocycles. The smallest absolute Gasteiger partial charge is 0.0537 e. The highest BCUT2D eigenvalue weighted by Gasteiger charge is 2.37. The molecule has 0 spiro atoms. The molecule has 304 valence electrons. The first-order valence-electron chi connectivity index (χ1n) is 22.7. The molecule has 1 unspecified atom stereocenters. The van der Waals surface area contributed by atoms with Gasteiger partial charge in [0.05, 0.1) is 5.69 Å². The van der Waals surface area contributed by atoms with E-state index in [0.29, 0.717) is 5.92 Å². The van der Waals surface area contributed by atoms with Gasteiger partial charge in [-0.25, -0.2) is 0 Å². The van der Waals surface area contributed by atoms with E-state index in [-0.39, 0.29) is 5.41 Å². The van der Waals surface area contributed by atoms with Gasteiger partial charge >= 0.3 is 0 Å². The molecule has 0 saturated heterocycles. The molecule has 8 aromatic rings. The van der Waals surface area contributed by atoms with Crippen LogP contribution in [0.2, 0.25) is 0 Å². The maximum Gasteiger partial charge on any atom is 0.0537 e. The SMILES string of the molecule is CC1CC=CC2=C1N(c1ccc(-c3ccc(/C=C/c4ccc5c(c4)C(C)(C)c4cc(N6c7ccccc7Cc7ccccc76)ccc4-5)cc3)c3ccccc13)c1ccccc1CC2. The third-order valence-electron chi connectivity index (χ3n) is 14.4. The molecule has 0 saturated carbocycles. The Kier molecular flexibility index (Phi) is 8.80. The highest BCUT2D eigenvalue weighted by molar-refractivity contribution is 6.05. The number of rotatable bonds is 5. The van der Waals surface area contributed by atoms with Gasteiger partial charge in [0.1, 0.15) is 0 Å².